The lowest BCUT2D eigenvalue weighted by molar-refractivity contribution is -0.127. The van der Waals surface area contributed by atoms with Crippen LogP contribution in [0.5, 0.6) is 0 Å². The Morgan fingerprint density at radius 3 is 2.77 bits per heavy atom. The summed E-state index contributed by atoms with van der Waals surface area (Å²) in [6.07, 6.45) is 10.4. The smallest absolute Gasteiger partial charge is 0.266 e. The predicted molar refractivity (Wildman–Crippen MR) is 97.2 cm³/mol. The first-order valence-corrected chi connectivity index (χ1v) is 9.61. The van der Waals surface area contributed by atoms with Crippen molar-refractivity contribution in [1.82, 2.24) is 19.4 Å². The summed E-state index contributed by atoms with van der Waals surface area (Å²) in [6.45, 7) is 5.04. The van der Waals surface area contributed by atoms with E-state index in [0.717, 1.165) is 18.3 Å². The van der Waals surface area contributed by atoms with Gasteiger partial charge in [-0.3, -0.25) is 14.5 Å². The molecule has 1 aliphatic carbocycles. The summed E-state index contributed by atoms with van der Waals surface area (Å²) >= 11 is 0. The van der Waals surface area contributed by atoms with Gasteiger partial charge in [-0.1, -0.05) is 6.08 Å². The minimum Gasteiger partial charge on any atom is -0.364 e. The zero-order chi connectivity index (χ0) is 18.3. The van der Waals surface area contributed by atoms with Crippen molar-refractivity contribution >= 4 is 11.8 Å². The Morgan fingerprint density at radius 2 is 2.04 bits per heavy atom. The fraction of sp³-hybridized carbons (Fsp3) is 0.632. The second-order valence-corrected chi connectivity index (χ2v) is 7.71. The van der Waals surface area contributed by atoms with E-state index in [1.54, 1.807) is 11.0 Å². The fourth-order valence-electron chi connectivity index (χ4n) is 4.33. The molecule has 2 atom stereocenters. The molecule has 0 bridgehead atoms. The molecule has 0 spiro atoms. The van der Waals surface area contributed by atoms with Crippen LogP contribution >= 0.6 is 0 Å². The van der Waals surface area contributed by atoms with E-state index in [4.69, 9.17) is 5.73 Å². The molecule has 1 aromatic rings. The average molecular weight is 357 g/mol. The number of likely N-dealkylation sites (tertiary alicyclic amines) is 1. The van der Waals surface area contributed by atoms with Crippen LogP contribution in [-0.2, 0) is 17.9 Å². The lowest BCUT2D eigenvalue weighted by atomic mass is 9.89. The van der Waals surface area contributed by atoms with Gasteiger partial charge < -0.3 is 15.2 Å². The van der Waals surface area contributed by atoms with E-state index in [-0.39, 0.29) is 5.91 Å². The van der Waals surface area contributed by atoms with Gasteiger partial charge in [-0.15, -0.1) is 0 Å². The van der Waals surface area contributed by atoms with Crippen LogP contribution in [0.2, 0.25) is 0 Å². The standard InChI is InChI=1S/C19H27N5O2/c1-13-14(3-2-8-23(13)15-5-6-15)4-7-18(25)22-9-10-24-16(19(20)26)11-21-17(24)12-22/h4,7,11,13-15H,2-3,5-6,8-10,12H2,1H3,(H2,20,26)/b7-4+/t13-,14+/m1/s1. The maximum atomic E-state index is 12.6. The van der Waals surface area contributed by atoms with Crippen molar-refractivity contribution in [3.8, 4) is 0 Å². The number of piperidine rings is 1. The Balaban J connectivity index is 1.38. The van der Waals surface area contributed by atoms with Gasteiger partial charge in [0, 0.05) is 25.2 Å². The predicted octanol–water partition coefficient (Wildman–Crippen LogP) is 1.14. The van der Waals surface area contributed by atoms with Gasteiger partial charge in [-0.25, -0.2) is 4.98 Å². The van der Waals surface area contributed by atoms with E-state index in [9.17, 15) is 9.59 Å². The minimum atomic E-state index is -0.477. The highest BCUT2D eigenvalue weighted by Crippen LogP contribution is 2.35. The summed E-state index contributed by atoms with van der Waals surface area (Å²) in [6, 6.07) is 1.29. The second kappa shape index (κ2) is 6.87. The zero-order valence-corrected chi connectivity index (χ0v) is 15.3. The van der Waals surface area contributed by atoms with Crippen LogP contribution in [0, 0.1) is 5.92 Å². The molecule has 2 N–H and O–H groups in total. The number of fused-ring (bicyclic) bond motifs is 1. The fourth-order valence-corrected chi connectivity index (χ4v) is 4.33. The number of amides is 2. The van der Waals surface area contributed by atoms with E-state index in [2.05, 4.69) is 22.9 Å². The molecule has 2 fully saturated rings. The van der Waals surface area contributed by atoms with Crippen molar-refractivity contribution in [2.75, 3.05) is 13.1 Å². The summed E-state index contributed by atoms with van der Waals surface area (Å²) in [4.78, 5) is 32.7. The minimum absolute atomic E-state index is 0.0237. The molecule has 3 heterocycles. The van der Waals surface area contributed by atoms with Crippen LogP contribution in [-0.4, -0.2) is 56.3 Å². The number of nitrogens with two attached hydrogens (primary N) is 1. The van der Waals surface area contributed by atoms with Gasteiger partial charge in [-0.2, -0.15) is 0 Å². The van der Waals surface area contributed by atoms with Gasteiger partial charge in [0.2, 0.25) is 5.91 Å². The number of imidazole rings is 1. The molecule has 3 aliphatic rings. The number of primary amides is 1. The molecule has 140 valence electrons. The molecular weight excluding hydrogens is 330 g/mol. The first kappa shape index (κ1) is 17.3. The van der Waals surface area contributed by atoms with E-state index >= 15 is 0 Å². The number of rotatable bonds is 4. The normalized spacial score (nSPS) is 26.9. The number of carbonyl (C=O) groups is 2. The van der Waals surface area contributed by atoms with Crippen molar-refractivity contribution in [3.05, 3.63) is 29.9 Å². The highest BCUT2D eigenvalue weighted by atomic mass is 16.2. The maximum absolute atomic E-state index is 12.6. The number of hydrogen-bond donors (Lipinski definition) is 1. The van der Waals surface area contributed by atoms with E-state index in [0.29, 0.717) is 37.3 Å². The molecule has 0 aromatic carbocycles. The molecule has 7 heteroatoms. The maximum Gasteiger partial charge on any atom is 0.266 e. The van der Waals surface area contributed by atoms with Crippen LogP contribution in [0.4, 0.5) is 0 Å². The van der Waals surface area contributed by atoms with Gasteiger partial charge in [-0.05, 0) is 51.1 Å². The van der Waals surface area contributed by atoms with Crippen LogP contribution in [0.15, 0.2) is 18.3 Å². The molecule has 1 saturated heterocycles. The van der Waals surface area contributed by atoms with Crippen molar-refractivity contribution < 1.29 is 9.59 Å². The lowest BCUT2D eigenvalue weighted by Gasteiger charge is -2.38. The summed E-state index contributed by atoms with van der Waals surface area (Å²) in [5.41, 5.74) is 5.78. The third-order valence-corrected chi connectivity index (χ3v) is 6.03. The molecule has 0 radical (unpaired) electrons. The third-order valence-electron chi connectivity index (χ3n) is 6.03. The summed E-state index contributed by atoms with van der Waals surface area (Å²) in [7, 11) is 0. The summed E-state index contributed by atoms with van der Waals surface area (Å²) < 4.78 is 1.81. The summed E-state index contributed by atoms with van der Waals surface area (Å²) in [5, 5.41) is 0. The molecule has 2 aliphatic heterocycles. The average Bonchev–Trinajstić information content (AvgIpc) is 3.38. The largest absolute Gasteiger partial charge is 0.364 e. The van der Waals surface area contributed by atoms with Crippen LogP contribution in [0.1, 0.15) is 48.9 Å². The topological polar surface area (TPSA) is 84.5 Å². The molecule has 26 heavy (non-hydrogen) atoms. The zero-order valence-electron chi connectivity index (χ0n) is 15.3. The van der Waals surface area contributed by atoms with Gasteiger partial charge in [0.05, 0.1) is 12.7 Å². The van der Waals surface area contributed by atoms with Crippen molar-refractivity contribution in [2.45, 2.75) is 57.8 Å². The Morgan fingerprint density at radius 1 is 1.23 bits per heavy atom. The van der Waals surface area contributed by atoms with Crippen LogP contribution < -0.4 is 5.73 Å². The quantitative estimate of drug-likeness (QED) is 0.819. The number of aromatic nitrogens is 2. The van der Waals surface area contributed by atoms with Crippen molar-refractivity contribution in [1.29, 1.82) is 0 Å². The molecule has 2 amide bonds. The molecule has 7 nitrogen and oxygen atoms in total. The van der Waals surface area contributed by atoms with E-state index < -0.39 is 5.91 Å². The Kier molecular flexibility index (Phi) is 4.56. The second-order valence-electron chi connectivity index (χ2n) is 7.71. The van der Waals surface area contributed by atoms with Crippen molar-refractivity contribution in [2.24, 2.45) is 11.7 Å². The summed E-state index contributed by atoms with van der Waals surface area (Å²) in [5.74, 6) is 0.713. The third kappa shape index (κ3) is 3.28. The SMILES string of the molecule is C[C@@H]1[C@H](/C=C/C(=O)N2CCn3c(C(N)=O)cnc3C2)CCCN1C1CC1. The Bertz CT molecular complexity index is 736. The first-order chi connectivity index (χ1) is 12.5. The molecular formula is C19H27N5O2. The highest BCUT2D eigenvalue weighted by Gasteiger charge is 2.36. The molecule has 1 saturated carbocycles. The molecule has 0 unspecified atom stereocenters. The van der Waals surface area contributed by atoms with Crippen molar-refractivity contribution in [3.63, 3.8) is 0 Å². The Hall–Kier alpha value is -2.15. The van der Waals surface area contributed by atoms with Gasteiger partial charge in [0.25, 0.3) is 5.91 Å². The van der Waals surface area contributed by atoms with Crippen LogP contribution in [0.25, 0.3) is 0 Å². The highest BCUT2D eigenvalue weighted by molar-refractivity contribution is 5.91. The van der Waals surface area contributed by atoms with Gasteiger partial charge in [0.1, 0.15) is 11.5 Å². The molecule has 1 aromatic heterocycles. The van der Waals surface area contributed by atoms with Gasteiger partial charge >= 0.3 is 0 Å². The Labute approximate surface area is 153 Å². The van der Waals surface area contributed by atoms with Crippen LogP contribution in [0.3, 0.4) is 0 Å². The number of carbonyl (C=O) groups excluding carboxylic acids is 2. The number of nitrogens with zero attached hydrogens (tertiary/aromatic N) is 4. The van der Waals surface area contributed by atoms with E-state index in [1.165, 1.54) is 32.0 Å². The van der Waals surface area contributed by atoms with Gasteiger partial charge in [0.15, 0.2) is 0 Å². The monoisotopic (exact) mass is 357 g/mol. The first-order valence-electron chi connectivity index (χ1n) is 9.61. The van der Waals surface area contributed by atoms with E-state index in [1.807, 2.05) is 4.57 Å². The lowest BCUT2D eigenvalue weighted by Crippen LogP contribution is -2.44. The molecule has 4 rings (SSSR count). The number of hydrogen-bond acceptors (Lipinski definition) is 4.